The second-order valence-electron chi connectivity index (χ2n) is 7.57. The first-order valence-electron chi connectivity index (χ1n) is 10.5. The first-order chi connectivity index (χ1) is 15.4. The summed E-state index contributed by atoms with van der Waals surface area (Å²) in [5, 5.41) is 3.91. The average Bonchev–Trinajstić information content (AvgIpc) is 3.12. The van der Waals surface area contributed by atoms with Crippen molar-refractivity contribution >= 4 is 45.8 Å². The zero-order valence-electron chi connectivity index (χ0n) is 17.7. The van der Waals surface area contributed by atoms with Crippen LogP contribution in [0.3, 0.4) is 0 Å². The number of anilines is 2. The van der Waals surface area contributed by atoms with Crippen LogP contribution in [0.4, 0.5) is 15.8 Å². The van der Waals surface area contributed by atoms with Crippen LogP contribution < -0.4 is 10.2 Å². The highest BCUT2D eigenvalue weighted by molar-refractivity contribution is 6.30. The molecule has 0 bridgehead atoms. The van der Waals surface area contributed by atoms with Crippen LogP contribution >= 0.6 is 11.6 Å². The number of ether oxygens (including phenoxy) is 1. The number of benzene rings is 2. The fraction of sp³-hybridized carbons (Fsp3) is 0.304. The highest BCUT2D eigenvalue weighted by Crippen LogP contribution is 2.29. The number of carbonyl (C=O) groups is 2. The summed E-state index contributed by atoms with van der Waals surface area (Å²) in [5.41, 5.74) is 1.98. The third-order valence-electron chi connectivity index (χ3n) is 5.44. The molecule has 2 aromatic carbocycles. The van der Waals surface area contributed by atoms with Gasteiger partial charge in [-0.2, -0.15) is 0 Å². The van der Waals surface area contributed by atoms with Crippen molar-refractivity contribution < 1.29 is 18.7 Å². The maximum absolute atomic E-state index is 13.8. The summed E-state index contributed by atoms with van der Waals surface area (Å²) in [7, 11) is 0. The monoisotopic (exact) mass is 458 g/mol. The Labute approximate surface area is 190 Å². The molecule has 4 rings (SSSR count). The minimum Gasteiger partial charge on any atom is -0.461 e. The van der Waals surface area contributed by atoms with Crippen LogP contribution in [0.1, 0.15) is 17.4 Å². The van der Waals surface area contributed by atoms with E-state index in [4.69, 9.17) is 16.3 Å². The largest absolute Gasteiger partial charge is 0.461 e. The lowest BCUT2D eigenvalue weighted by atomic mass is 10.2. The van der Waals surface area contributed by atoms with E-state index in [0.29, 0.717) is 29.0 Å². The molecule has 1 aliphatic rings. The Kier molecular flexibility index (Phi) is 6.62. The molecule has 0 atom stereocenters. The zero-order valence-corrected chi connectivity index (χ0v) is 18.4. The molecule has 2 N–H and O–H groups in total. The second kappa shape index (κ2) is 9.58. The Morgan fingerprint density at radius 1 is 1.12 bits per heavy atom. The Morgan fingerprint density at radius 3 is 2.53 bits per heavy atom. The predicted molar refractivity (Wildman–Crippen MR) is 123 cm³/mol. The summed E-state index contributed by atoms with van der Waals surface area (Å²) in [6.07, 6.45) is 0. The fourth-order valence-corrected chi connectivity index (χ4v) is 3.97. The fourth-order valence-electron chi connectivity index (χ4n) is 3.85. The van der Waals surface area contributed by atoms with Crippen LogP contribution in [0.25, 0.3) is 10.9 Å². The molecule has 1 aromatic heterocycles. The van der Waals surface area contributed by atoms with Gasteiger partial charge in [-0.05, 0) is 49.4 Å². The number of hydrogen-bond acceptors (Lipinski definition) is 5. The Balaban J connectivity index is 1.43. The van der Waals surface area contributed by atoms with Gasteiger partial charge in [0.1, 0.15) is 11.5 Å². The van der Waals surface area contributed by atoms with Crippen LogP contribution in [-0.2, 0) is 9.53 Å². The summed E-state index contributed by atoms with van der Waals surface area (Å²) in [6.45, 7) is 5.03. The van der Waals surface area contributed by atoms with Crippen LogP contribution in [-0.4, -0.2) is 61.1 Å². The van der Waals surface area contributed by atoms with E-state index in [-0.39, 0.29) is 30.4 Å². The number of amides is 1. The van der Waals surface area contributed by atoms with Gasteiger partial charge in [-0.1, -0.05) is 11.6 Å². The molecule has 7 nitrogen and oxygen atoms in total. The second-order valence-corrected chi connectivity index (χ2v) is 8.01. The normalized spacial score (nSPS) is 14.5. The molecule has 32 heavy (non-hydrogen) atoms. The van der Waals surface area contributed by atoms with Gasteiger partial charge in [-0.15, -0.1) is 0 Å². The van der Waals surface area contributed by atoms with Crippen LogP contribution in [0.15, 0.2) is 42.5 Å². The van der Waals surface area contributed by atoms with E-state index in [9.17, 15) is 14.0 Å². The number of hydrogen-bond donors (Lipinski definition) is 2. The van der Waals surface area contributed by atoms with Crippen molar-refractivity contribution in [1.82, 2.24) is 9.88 Å². The topological polar surface area (TPSA) is 77.7 Å². The van der Waals surface area contributed by atoms with Gasteiger partial charge in [-0.3, -0.25) is 9.69 Å². The number of nitrogens with one attached hydrogen (secondary N) is 2. The molecule has 1 aliphatic heterocycles. The molecule has 0 unspecified atom stereocenters. The molecular formula is C23H24ClFN4O3. The van der Waals surface area contributed by atoms with Crippen LogP contribution in [0.2, 0.25) is 5.02 Å². The van der Waals surface area contributed by atoms with E-state index in [0.717, 1.165) is 18.8 Å². The highest BCUT2D eigenvalue weighted by Gasteiger charge is 2.23. The third-order valence-corrected chi connectivity index (χ3v) is 5.69. The lowest BCUT2D eigenvalue weighted by Gasteiger charge is -2.35. The first-order valence-corrected chi connectivity index (χ1v) is 10.8. The van der Waals surface area contributed by atoms with Gasteiger partial charge >= 0.3 is 5.97 Å². The molecule has 168 valence electrons. The molecule has 3 aromatic rings. The average molecular weight is 459 g/mol. The molecule has 2 heterocycles. The predicted octanol–water partition coefficient (Wildman–Crippen LogP) is 3.90. The smallest absolute Gasteiger partial charge is 0.356 e. The number of H-pyrrole nitrogens is 1. The van der Waals surface area contributed by atoms with E-state index >= 15 is 0 Å². The standard InChI is InChI=1S/C23H24ClFN4O3/c1-2-32-23(31)22-21(18-13-16(25)5-8-19(18)26-22)27-20(30)14-28-9-11-29(12-10-28)17-6-3-15(24)4-7-17/h3-8,13,26H,2,9-12,14H2,1H3,(H,27,30). The lowest BCUT2D eigenvalue weighted by Crippen LogP contribution is -2.48. The van der Waals surface area contributed by atoms with E-state index in [1.165, 1.54) is 18.2 Å². The number of piperazine rings is 1. The van der Waals surface area contributed by atoms with Gasteiger partial charge < -0.3 is 19.9 Å². The van der Waals surface area contributed by atoms with E-state index in [2.05, 4.69) is 15.2 Å². The Hall–Kier alpha value is -3.10. The Morgan fingerprint density at radius 2 is 1.84 bits per heavy atom. The van der Waals surface area contributed by atoms with Crippen molar-refractivity contribution in [3.8, 4) is 0 Å². The number of fused-ring (bicyclic) bond motifs is 1. The number of aromatic amines is 1. The first kappa shape index (κ1) is 22.1. The lowest BCUT2D eigenvalue weighted by molar-refractivity contribution is -0.117. The minimum atomic E-state index is -0.601. The van der Waals surface area contributed by atoms with Gasteiger partial charge in [0, 0.05) is 47.8 Å². The molecule has 1 fully saturated rings. The summed E-state index contributed by atoms with van der Waals surface area (Å²) in [5.74, 6) is -1.34. The molecule has 0 radical (unpaired) electrons. The summed E-state index contributed by atoms with van der Waals surface area (Å²) < 4.78 is 18.9. The molecule has 1 amide bonds. The van der Waals surface area contributed by atoms with E-state index in [1.54, 1.807) is 6.92 Å². The molecule has 0 saturated carbocycles. The molecule has 0 aliphatic carbocycles. The van der Waals surface area contributed by atoms with Gasteiger partial charge in [-0.25, -0.2) is 9.18 Å². The number of carbonyl (C=O) groups excluding carboxylic acids is 2. The maximum Gasteiger partial charge on any atom is 0.356 e. The van der Waals surface area contributed by atoms with Gasteiger partial charge in [0.25, 0.3) is 0 Å². The number of rotatable bonds is 6. The van der Waals surface area contributed by atoms with E-state index < -0.39 is 11.8 Å². The summed E-state index contributed by atoms with van der Waals surface area (Å²) in [4.78, 5) is 32.4. The SMILES string of the molecule is CCOC(=O)c1[nH]c2ccc(F)cc2c1NC(=O)CN1CCN(c2ccc(Cl)cc2)CC1. The maximum atomic E-state index is 13.8. The zero-order chi connectivity index (χ0) is 22.7. The quantitative estimate of drug-likeness (QED) is 0.548. The molecule has 9 heteroatoms. The minimum absolute atomic E-state index is 0.105. The van der Waals surface area contributed by atoms with Gasteiger partial charge in [0.2, 0.25) is 5.91 Å². The molecule has 1 saturated heterocycles. The van der Waals surface area contributed by atoms with E-state index in [1.807, 2.05) is 29.2 Å². The van der Waals surface area contributed by atoms with Crippen molar-refractivity contribution in [2.45, 2.75) is 6.92 Å². The van der Waals surface area contributed by atoms with Gasteiger partial charge in [0.05, 0.1) is 18.8 Å². The number of aromatic nitrogens is 1. The Bertz CT molecular complexity index is 1120. The summed E-state index contributed by atoms with van der Waals surface area (Å²) in [6, 6.07) is 11.8. The third kappa shape index (κ3) is 4.87. The van der Waals surface area contributed by atoms with Crippen molar-refractivity contribution in [3.63, 3.8) is 0 Å². The van der Waals surface area contributed by atoms with Crippen LogP contribution in [0, 0.1) is 5.82 Å². The summed E-state index contributed by atoms with van der Waals surface area (Å²) >= 11 is 5.96. The van der Waals surface area contributed by atoms with Crippen molar-refractivity contribution in [3.05, 3.63) is 59.0 Å². The number of halogens is 2. The van der Waals surface area contributed by atoms with Crippen molar-refractivity contribution in [2.24, 2.45) is 0 Å². The number of nitrogens with zero attached hydrogens (tertiary/aromatic N) is 2. The number of esters is 1. The van der Waals surface area contributed by atoms with Crippen molar-refractivity contribution in [1.29, 1.82) is 0 Å². The van der Waals surface area contributed by atoms with Crippen molar-refractivity contribution in [2.75, 3.05) is 49.5 Å². The van der Waals surface area contributed by atoms with Crippen LogP contribution in [0.5, 0.6) is 0 Å². The molecule has 0 spiro atoms. The van der Waals surface area contributed by atoms with Gasteiger partial charge in [0.15, 0.2) is 0 Å². The molecular weight excluding hydrogens is 435 g/mol. The highest BCUT2D eigenvalue weighted by atomic mass is 35.5.